The highest BCUT2D eigenvalue weighted by Gasteiger charge is 2.34. The predicted molar refractivity (Wildman–Crippen MR) is 87.6 cm³/mol. The molecule has 0 amide bonds. The number of nitrogens with zero attached hydrogens (tertiary/aromatic N) is 1. The standard InChI is InChI=1S/C17H19Cl2NO/c1-10-7-11-14(8-17(2,3)9-15(11)21)20(10)13-6-4-5-12(18)16(13)19/h4-7,15,21H,8-9H2,1-3H3. The summed E-state index contributed by atoms with van der Waals surface area (Å²) in [6, 6.07) is 7.72. The van der Waals surface area contributed by atoms with E-state index in [-0.39, 0.29) is 5.41 Å². The van der Waals surface area contributed by atoms with E-state index >= 15 is 0 Å². The van der Waals surface area contributed by atoms with Crippen LogP contribution in [0.4, 0.5) is 0 Å². The van der Waals surface area contributed by atoms with Crippen molar-refractivity contribution in [2.45, 2.75) is 39.7 Å². The normalized spacial score (nSPS) is 20.4. The highest BCUT2D eigenvalue weighted by atomic mass is 35.5. The van der Waals surface area contributed by atoms with Crippen LogP contribution in [0.3, 0.4) is 0 Å². The molecule has 21 heavy (non-hydrogen) atoms. The molecule has 1 aromatic carbocycles. The number of halogens is 2. The number of aliphatic hydroxyl groups is 1. The summed E-state index contributed by atoms with van der Waals surface area (Å²) in [6.45, 7) is 6.41. The summed E-state index contributed by atoms with van der Waals surface area (Å²) in [5, 5.41) is 11.5. The molecule has 0 spiro atoms. The zero-order valence-corrected chi connectivity index (χ0v) is 14.0. The summed E-state index contributed by atoms with van der Waals surface area (Å²) in [4.78, 5) is 0. The van der Waals surface area contributed by atoms with Gasteiger partial charge in [-0.2, -0.15) is 0 Å². The van der Waals surface area contributed by atoms with Crippen molar-refractivity contribution in [2.24, 2.45) is 5.41 Å². The first-order valence-corrected chi connectivity index (χ1v) is 7.89. The lowest BCUT2D eigenvalue weighted by atomic mass is 9.75. The molecule has 0 radical (unpaired) electrons. The van der Waals surface area contributed by atoms with Crippen molar-refractivity contribution in [3.05, 3.63) is 51.3 Å². The lowest BCUT2D eigenvalue weighted by Crippen LogP contribution is -2.26. The molecule has 0 fully saturated rings. The Balaban J connectivity index is 2.24. The van der Waals surface area contributed by atoms with E-state index in [1.165, 1.54) is 0 Å². The minimum absolute atomic E-state index is 0.0695. The summed E-state index contributed by atoms with van der Waals surface area (Å²) in [5.74, 6) is 0. The number of aliphatic hydroxyl groups excluding tert-OH is 1. The number of fused-ring (bicyclic) bond motifs is 1. The van der Waals surface area contributed by atoms with Gasteiger partial charge in [0.2, 0.25) is 0 Å². The second-order valence-corrected chi connectivity index (χ2v) is 7.44. The van der Waals surface area contributed by atoms with Gasteiger partial charge in [0.25, 0.3) is 0 Å². The van der Waals surface area contributed by atoms with Gasteiger partial charge in [0.1, 0.15) is 0 Å². The first-order chi connectivity index (χ1) is 9.80. The van der Waals surface area contributed by atoms with Gasteiger partial charge in [-0.1, -0.05) is 43.1 Å². The molecule has 2 nitrogen and oxygen atoms in total. The van der Waals surface area contributed by atoms with Crippen molar-refractivity contribution in [1.29, 1.82) is 0 Å². The smallest absolute Gasteiger partial charge is 0.0832 e. The molecule has 1 aliphatic carbocycles. The Morgan fingerprint density at radius 1 is 1.29 bits per heavy atom. The van der Waals surface area contributed by atoms with Crippen molar-refractivity contribution in [3.8, 4) is 5.69 Å². The first kappa shape index (κ1) is 15.0. The lowest BCUT2D eigenvalue weighted by molar-refractivity contribution is 0.0987. The number of rotatable bonds is 1. The van der Waals surface area contributed by atoms with Crippen LogP contribution < -0.4 is 0 Å². The second-order valence-electron chi connectivity index (χ2n) is 6.66. The monoisotopic (exact) mass is 323 g/mol. The van der Waals surface area contributed by atoms with Crippen LogP contribution >= 0.6 is 23.2 Å². The average Bonchev–Trinajstić information content (AvgIpc) is 2.69. The van der Waals surface area contributed by atoms with E-state index in [1.54, 1.807) is 6.07 Å². The molecular weight excluding hydrogens is 305 g/mol. The highest BCUT2D eigenvalue weighted by molar-refractivity contribution is 6.43. The van der Waals surface area contributed by atoms with Crippen molar-refractivity contribution in [3.63, 3.8) is 0 Å². The maximum atomic E-state index is 10.4. The molecule has 1 aromatic heterocycles. The van der Waals surface area contributed by atoms with Gasteiger partial charge in [0, 0.05) is 17.0 Å². The van der Waals surface area contributed by atoms with Crippen molar-refractivity contribution in [1.82, 2.24) is 4.57 Å². The third-order valence-electron chi connectivity index (χ3n) is 4.24. The summed E-state index contributed by atoms with van der Waals surface area (Å²) in [6.07, 6.45) is 1.28. The van der Waals surface area contributed by atoms with Crippen molar-refractivity contribution in [2.75, 3.05) is 0 Å². The molecule has 112 valence electrons. The average molecular weight is 324 g/mol. The molecule has 2 aromatic rings. The number of aromatic nitrogens is 1. The predicted octanol–water partition coefficient (Wildman–Crippen LogP) is 5.10. The van der Waals surface area contributed by atoms with Gasteiger partial charge in [-0.15, -0.1) is 0 Å². The largest absolute Gasteiger partial charge is 0.388 e. The molecule has 1 aliphatic rings. The molecule has 1 atom stereocenters. The third-order valence-corrected chi connectivity index (χ3v) is 5.05. The maximum Gasteiger partial charge on any atom is 0.0832 e. The number of aryl methyl sites for hydroxylation is 1. The van der Waals surface area contributed by atoms with Gasteiger partial charge in [0.05, 0.1) is 21.8 Å². The van der Waals surface area contributed by atoms with Crippen LogP contribution in [0.25, 0.3) is 5.69 Å². The van der Waals surface area contributed by atoms with Gasteiger partial charge < -0.3 is 9.67 Å². The molecule has 0 aliphatic heterocycles. The second kappa shape index (κ2) is 5.05. The Morgan fingerprint density at radius 2 is 2.00 bits per heavy atom. The zero-order chi connectivity index (χ0) is 15.4. The topological polar surface area (TPSA) is 25.2 Å². The highest BCUT2D eigenvalue weighted by Crippen LogP contribution is 2.43. The van der Waals surface area contributed by atoms with E-state index in [4.69, 9.17) is 23.2 Å². The van der Waals surface area contributed by atoms with E-state index in [1.807, 2.05) is 19.1 Å². The van der Waals surface area contributed by atoms with E-state index in [0.717, 1.165) is 35.5 Å². The minimum Gasteiger partial charge on any atom is -0.388 e. The number of benzene rings is 1. The summed E-state index contributed by atoms with van der Waals surface area (Å²) in [5.41, 5.74) is 4.18. The Bertz CT molecular complexity index is 703. The molecule has 3 rings (SSSR count). The maximum absolute atomic E-state index is 10.4. The lowest BCUT2D eigenvalue weighted by Gasteiger charge is -2.34. The van der Waals surface area contributed by atoms with Crippen molar-refractivity contribution < 1.29 is 5.11 Å². The molecule has 1 heterocycles. The fraction of sp³-hybridized carbons (Fsp3) is 0.412. The van der Waals surface area contributed by atoms with Crippen LogP contribution in [0.5, 0.6) is 0 Å². The van der Waals surface area contributed by atoms with Crippen LogP contribution in [0, 0.1) is 12.3 Å². The number of hydrogen-bond acceptors (Lipinski definition) is 1. The van der Waals surface area contributed by atoms with E-state index < -0.39 is 6.10 Å². The first-order valence-electron chi connectivity index (χ1n) is 7.14. The van der Waals surface area contributed by atoms with Gasteiger partial charge in [-0.25, -0.2) is 0 Å². The molecule has 1 unspecified atom stereocenters. The molecule has 4 heteroatoms. The third kappa shape index (κ3) is 2.50. The van der Waals surface area contributed by atoms with Crippen LogP contribution in [0.1, 0.15) is 43.3 Å². The minimum atomic E-state index is -0.415. The molecule has 0 saturated carbocycles. The summed E-state index contributed by atoms with van der Waals surface area (Å²) in [7, 11) is 0. The fourth-order valence-corrected chi connectivity index (χ4v) is 3.72. The quantitative estimate of drug-likeness (QED) is 0.776. The van der Waals surface area contributed by atoms with Crippen LogP contribution in [-0.2, 0) is 6.42 Å². The van der Waals surface area contributed by atoms with Crippen LogP contribution in [-0.4, -0.2) is 9.67 Å². The van der Waals surface area contributed by atoms with Crippen LogP contribution in [0.2, 0.25) is 10.0 Å². The molecule has 0 bridgehead atoms. The summed E-state index contributed by atoms with van der Waals surface area (Å²) < 4.78 is 2.13. The van der Waals surface area contributed by atoms with Gasteiger partial charge in [0.15, 0.2) is 0 Å². The van der Waals surface area contributed by atoms with E-state index in [0.29, 0.717) is 10.0 Å². The molecular formula is C17H19Cl2NO. The summed E-state index contributed by atoms with van der Waals surface area (Å²) >= 11 is 12.5. The molecule has 1 N–H and O–H groups in total. The Morgan fingerprint density at radius 3 is 2.71 bits per heavy atom. The number of hydrogen-bond donors (Lipinski definition) is 1. The SMILES string of the molecule is Cc1cc2c(n1-c1cccc(Cl)c1Cl)CC(C)(C)CC2O. The zero-order valence-electron chi connectivity index (χ0n) is 12.5. The van der Waals surface area contributed by atoms with E-state index in [2.05, 4.69) is 24.5 Å². The van der Waals surface area contributed by atoms with E-state index in [9.17, 15) is 5.11 Å². The Hall–Kier alpha value is -0.960. The van der Waals surface area contributed by atoms with Gasteiger partial charge in [-0.3, -0.25) is 0 Å². The Kier molecular flexibility index (Phi) is 3.59. The Labute approximate surface area is 135 Å². The van der Waals surface area contributed by atoms with Crippen LogP contribution in [0.15, 0.2) is 24.3 Å². The molecule has 0 saturated heterocycles. The van der Waals surface area contributed by atoms with Gasteiger partial charge >= 0.3 is 0 Å². The van der Waals surface area contributed by atoms with Gasteiger partial charge in [-0.05, 0) is 43.4 Å². The fourth-order valence-electron chi connectivity index (χ4n) is 3.34. The van der Waals surface area contributed by atoms with Crippen molar-refractivity contribution >= 4 is 23.2 Å².